The van der Waals surface area contributed by atoms with E-state index in [1.807, 2.05) is 84.9 Å². The molecule has 0 fully saturated rings. The van der Waals surface area contributed by atoms with Crippen molar-refractivity contribution in [1.82, 2.24) is 9.13 Å². The number of fused-ring (bicyclic) bond motifs is 6. The molecule has 0 saturated carbocycles. The molecule has 4 N–H and O–H groups in total. The maximum absolute atomic E-state index is 12.8. The zero-order valence-electron chi connectivity index (χ0n) is 76.2. The summed E-state index contributed by atoms with van der Waals surface area (Å²) in [6.07, 6.45) is 1.63. The molecule has 0 aliphatic heterocycles. The van der Waals surface area contributed by atoms with Gasteiger partial charge in [0.15, 0.2) is 24.7 Å². The number of unbranched alkanes of at least 4 members (excludes halogenated alkanes) is 1. The van der Waals surface area contributed by atoms with Crippen LogP contribution >= 0.6 is 22.7 Å². The average molecular weight is 1740 g/mol. The number of aromatic hydroxyl groups is 4. The van der Waals surface area contributed by atoms with Crippen LogP contribution in [0.1, 0.15) is 208 Å². The summed E-state index contributed by atoms with van der Waals surface area (Å²) in [4.78, 5) is 0. The molecule has 0 spiro atoms. The minimum Gasteiger partial charge on any atom is -0.582 e. The summed E-state index contributed by atoms with van der Waals surface area (Å²) in [7, 11) is 0. The Labute approximate surface area is 759 Å². The van der Waals surface area contributed by atoms with Crippen LogP contribution in [0.5, 0.6) is 23.0 Å². The van der Waals surface area contributed by atoms with Crippen molar-refractivity contribution in [1.29, 1.82) is 0 Å². The van der Waals surface area contributed by atoms with Crippen LogP contribution in [0, 0.1) is 13.8 Å². The van der Waals surface area contributed by atoms with Crippen LogP contribution in [0.25, 0.3) is 120 Å². The molecule has 0 radical (unpaired) electrons. The van der Waals surface area contributed by atoms with Gasteiger partial charge in [0.2, 0.25) is 0 Å². The first-order valence-electron chi connectivity index (χ1n) is 43.2. The van der Waals surface area contributed by atoms with Crippen molar-refractivity contribution in [2.24, 2.45) is 0 Å². The number of para-hydroxylation sites is 2. The van der Waals surface area contributed by atoms with Gasteiger partial charge in [-0.15, -0.1) is 46.9 Å². The van der Waals surface area contributed by atoms with E-state index in [1.165, 1.54) is 77.9 Å². The van der Waals surface area contributed by atoms with E-state index in [2.05, 4.69) is 355 Å². The quantitative estimate of drug-likeness (QED) is 0.0610. The van der Waals surface area contributed by atoms with Gasteiger partial charge in [0.1, 0.15) is 10.0 Å². The molecule has 123 heavy (non-hydrogen) atoms. The number of aliphatic hydroxyl groups is 2. The fourth-order valence-corrected chi connectivity index (χ4v) is 18.0. The van der Waals surface area contributed by atoms with E-state index in [9.17, 15) is 10.2 Å². The maximum atomic E-state index is 12.8. The van der Waals surface area contributed by atoms with Gasteiger partial charge >= 0.3 is 0 Å². The normalized spacial score (nSPS) is 12.3. The molecular weight excluding hydrogens is 1620 g/mol. The summed E-state index contributed by atoms with van der Waals surface area (Å²) >= 11 is 3.13. The van der Waals surface area contributed by atoms with Crippen molar-refractivity contribution in [2.75, 3.05) is 13.2 Å². The summed E-state index contributed by atoms with van der Waals surface area (Å²) < 4.78 is 15.0. The minimum absolute atomic E-state index is 0. The van der Waals surface area contributed by atoms with E-state index in [0.29, 0.717) is 13.2 Å². The summed E-state index contributed by atoms with van der Waals surface area (Å²) in [5.41, 5.74) is 28.1. The molecule has 0 bridgehead atoms. The Morgan fingerprint density at radius 3 is 0.805 bits per heavy atom. The molecule has 630 valence electrons. The van der Waals surface area contributed by atoms with E-state index in [0.717, 1.165) is 117 Å². The maximum Gasteiger partial charge on any atom is 0.262 e. The van der Waals surface area contributed by atoms with Gasteiger partial charge in [-0.05, 0) is 182 Å². The second-order valence-corrected chi connectivity index (χ2v) is 42.1. The Balaban J connectivity index is 0.000000789. The van der Waals surface area contributed by atoms with E-state index in [1.54, 1.807) is 22.7 Å². The number of hydrogen-bond acceptors (Lipinski definition) is 4. The van der Waals surface area contributed by atoms with Crippen LogP contribution in [0.3, 0.4) is 0 Å². The number of hydrogen-bond donors (Lipinski definition) is 2. The molecule has 4 aromatic heterocycles. The summed E-state index contributed by atoms with van der Waals surface area (Å²) in [6.45, 7) is 56.9. The Bertz CT molecular complexity index is 6210. The number of thiophene rings is 2. The van der Waals surface area contributed by atoms with Crippen molar-refractivity contribution in [3.05, 3.63) is 336 Å². The van der Waals surface area contributed by atoms with Gasteiger partial charge in [-0.2, -0.15) is 49.2 Å². The van der Waals surface area contributed by atoms with Gasteiger partial charge in [-0.1, -0.05) is 285 Å². The van der Waals surface area contributed by atoms with Gasteiger partial charge in [0.05, 0.1) is 33.2 Å². The van der Waals surface area contributed by atoms with Gasteiger partial charge in [0.25, 0.3) is 11.5 Å². The van der Waals surface area contributed by atoms with Crippen LogP contribution in [-0.2, 0) is 64.1 Å². The number of nitrogens with zero attached hydrogens (tertiary/aromatic N) is 2. The van der Waals surface area contributed by atoms with Crippen LogP contribution in [0.4, 0.5) is 0 Å². The number of aromatic nitrogens is 2. The Hall–Kier alpha value is -10.5. The molecule has 16 aromatic rings. The van der Waals surface area contributed by atoms with Crippen molar-refractivity contribution >= 4 is 66.3 Å². The fourth-order valence-electron chi connectivity index (χ4n) is 16.0. The third-order valence-corrected chi connectivity index (χ3v) is 25.6. The van der Waals surface area contributed by atoms with E-state index < -0.39 is 0 Å². The molecule has 4 heterocycles. The molecule has 0 unspecified atom stereocenters. The molecule has 0 amide bonds. The van der Waals surface area contributed by atoms with Gasteiger partial charge in [-0.3, -0.25) is 9.13 Å². The standard InChI is InChI=1S/C100H108N2O4S2.2C7H7.Zr/c1-94(2,3)69-30-28-29-61(45-69)62-35-39-84-78(52-62)79-53-63(66-46-70(95(4,5)6)56-71(47-66)96(7,8)9)36-40-85(79)101(84)92-90(103)82(59-107-92)76-31-22-24-33-88(76)105-43-26-27-44-106-89-34-25-23-32-77(89)83-60-108-93(91(83)104)102-86-41-37-64(67-48-72(97(10,11)12)57-73(49-67)98(13,14)15)54-80(86)81-55-65(38-42-87(81)102)68-50-74(99(16,17)18)58-75(51-68)100(19,20)21;2*1-7-5-3-2-4-6-7;/h22-25,28-42,45-60,103-104H,26-27,43-44H2,1-21H3;2*2-6H,1H2;/q;2*-1;/p+2. The largest absolute Gasteiger partial charge is 0.582 e. The molecule has 16 rings (SSSR count). The number of rotatable bonds is 15. The van der Waals surface area contributed by atoms with Crippen LogP contribution in [0.2, 0.25) is 0 Å². The molecule has 9 heteroatoms. The van der Waals surface area contributed by atoms with E-state index in [-0.39, 0.29) is 75.6 Å². The minimum atomic E-state index is -0.0359. The Kier molecular flexibility index (Phi) is 26.1. The van der Waals surface area contributed by atoms with Crippen molar-refractivity contribution < 1.29 is 45.9 Å². The number of ether oxygens (including phenoxy) is 2. The molecule has 12 aromatic carbocycles. The average Bonchev–Trinajstić information content (AvgIpc) is 1.58. The first-order valence-corrected chi connectivity index (χ1v) is 45.0. The van der Waals surface area contributed by atoms with Crippen molar-refractivity contribution in [3.8, 4) is 99.8 Å². The zero-order valence-corrected chi connectivity index (χ0v) is 80.3. The monoisotopic (exact) mass is 1740 g/mol. The second-order valence-electron chi connectivity index (χ2n) is 40.4. The molecule has 0 aliphatic rings. The molecule has 0 aliphatic carbocycles. The predicted molar refractivity (Wildman–Crippen MR) is 528 cm³/mol. The summed E-state index contributed by atoms with van der Waals surface area (Å²) in [5.74, 6) is 2.16. The number of benzene rings is 12. The van der Waals surface area contributed by atoms with Crippen LogP contribution < -0.4 is 0 Å². The predicted octanol–water partition coefficient (Wildman–Crippen LogP) is 32.2. The molecule has 0 saturated heterocycles. The summed E-state index contributed by atoms with van der Waals surface area (Å²) in [6, 6.07) is 94.1. The van der Waals surface area contributed by atoms with Gasteiger partial charge in [-0.25, -0.2) is 0 Å². The van der Waals surface area contributed by atoms with Gasteiger partial charge < -0.3 is 19.7 Å². The first-order chi connectivity index (χ1) is 57.6. The third-order valence-electron chi connectivity index (χ3n) is 23.7. The zero-order chi connectivity index (χ0) is 87.3. The van der Waals surface area contributed by atoms with E-state index in [4.69, 9.17) is 9.47 Å². The molecule has 6 nitrogen and oxygen atoms in total. The van der Waals surface area contributed by atoms with Crippen molar-refractivity contribution in [3.63, 3.8) is 0 Å². The Morgan fingerprint density at radius 1 is 0.268 bits per heavy atom. The topological polar surface area (TPSA) is 75.9 Å². The smallest absolute Gasteiger partial charge is 0.262 e. The molecule has 0 atom stereocenters. The van der Waals surface area contributed by atoms with Crippen LogP contribution in [-0.4, -0.2) is 42.0 Å². The SMILES string of the molecule is CC(C)(C)c1cccc(-c2ccc3c(c2)c2cc(-c4cc(C(C)(C)C)cc(C(C)(C)C)c4)ccc2n3-c2scc(-c3ccccc3[OH+]CCCC[OH+]c3ccccc3-c3csc(-n4c5ccc(-c6cc(C(C)(C)C)cc(C(C)(C)C)c6)cc5c5cc(-c6cc(C(C)(C)C)cc(C(C)(C)C)c6)ccc54)c3O)c2O)c1.[CH2-]c1ccccc1.[CH2-]c1ccccc1.[Zr]. The Morgan fingerprint density at radius 2 is 0.528 bits per heavy atom. The summed E-state index contributed by atoms with van der Waals surface area (Å²) in [5, 5.41) is 35.7. The van der Waals surface area contributed by atoms with Gasteiger partial charge in [0, 0.05) is 94.6 Å². The third kappa shape index (κ3) is 20.0. The second kappa shape index (κ2) is 35.6. The fraction of sp³-hybridized carbons (Fsp3) is 0.281. The van der Waals surface area contributed by atoms with E-state index >= 15 is 0 Å². The van der Waals surface area contributed by atoms with Crippen LogP contribution in [0.15, 0.2) is 272 Å². The molecular formula is C114H124N2O4S2Zr. The first kappa shape index (κ1) is 90.2. The van der Waals surface area contributed by atoms with Crippen molar-refractivity contribution in [2.45, 2.75) is 196 Å².